The first kappa shape index (κ1) is 12.0. The number of rotatable bonds is 2. The van der Waals surface area contributed by atoms with Crippen LogP contribution in [0.5, 0.6) is 0 Å². The van der Waals surface area contributed by atoms with E-state index in [1.165, 1.54) is 22.6 Å². The van der Waals surface area contributed by atoms with Crippen LogP contribution in [0.25, 0.3) is 0 Å². The third kappa shape index (κ3) is 2.44. The van der Waals surface area contributed by atoms with Gasteiger partial charge in [-0.05, 0) is 12.1 Å². The molecule has 1 saturated heterocycles. The van der Waals surface area contributed by atoms with E-state index in [0.29, 0.717) is 31.7 Å². The molecule has 0 spiro atoms. The van der Waals surface area contributed by atoms with Crippen molar-refractivity contribution in [1.29, 1.82) is 5.26 Å². The molecule has 1 aromatic heterocycles. The Morgan fingerprint density at radius 1 is 1.41 bits per heavy atom. The lowest BCUT2D eigenvalue weighted by molar-refractivity contribution is 0.359. The van der Waals surface area contributed by atoms with Gasteiger partial charge in [0.15, 0.2) is 5.03 Å². The van der Waals surface area contributed by atoms with E-state index in [0.717, 1.165) is 0 Å². The molecular weight excluding hydrogens is 240 g/mol. The summed E-state index contributed by atoms with van der Waals surface area (Å²) in [4.78, 5) is 3.83. The van der Waals surface area contributed by atoms with Gasteiger partial charge in [-0.25, -0.2) is 13.4 Å². The third-order valence-corrected chi connectivity index (χ3v) is 4.34. The van der Waals surface area contributed by atoms with Crippen molar-refractivity contribution >= 4 is 10.0 Å². The van der Waals surface area contributed by atoms with Crippen LogP contribution in [0.3, 0.4) is 0 Å². The summed E-state index contributed by atoms with van der Waals surface area (Å²) in [5, 5.41) is 11.8. The summed E-state index contributed by atoms with van der Waals surface area (Å²) in [7, 11) is -3.56. The predicted octanol–water partition coefficient (Wildman–Crippen LogP) is -0.453. The minimum atomic E-state index is -3.56. The average molecular weight is 252 g/mol. The van der Waals surface area contributed by atoms with Crippen LogP contribution in [0, 0.1) is 11.3 Å². The quantitative estimate of drug-likeness (QED) is 0.770. The molecule has 2 heterocycles. The smallest absolute Gasteiger partial charge is 0.260 e. The summed E-state index contributed by atoms with van der Waals surface area (Å²) in [5.74, 6) is 0. The van der Waals surface area contributed by atoms with E-state index in [9.17, 15) is 8.42 Å². The third-order valence-electron chi connectivity index (χ3n) is 2.54. The largest absolute Gasteiger partial charge is 0.314 e. The fraction of sp³-hybridized carbons (Fsp3) is 0.400. The molecule has 1 aliphatic rings. The zero-order valence-corrected chi connectivity index (χ0v) is 9.94. The molecule has 6 nitrogen and oxygen atoms in total. The summed E-state index contributed by atoms with van der Waals surface area (Å²) in [6.45, 7) is 2.13. The van der Waals surface area contributed by atoms with Crippen LogP contribution in [-0.4, -0.2) is 43.9 Å². The second-order valence-electron chi connectivity index (χ2n) is 3.65. The Kier molecular flexibility index (Phi) is 3.38. The van der Waals surface area contributed by atoms with Gasteiger partial charge in [0, 0.05) is 32.4 Å². The Morgan fingerprint density at radius 2 is 2.12 bits per heavy atom. The molecule has 0 saturated carbocycles. The van der Waals surface area contributed by atoms with Crippen molar-refractivity contribution in [1.82, 2.24) is 14.6 Å². The Labute approximate surface area is 99.9 Å². The van der Waals surface area contributed by atoms with Crippen LogP contribution < -0.4 is 5.32 Å². The molecule has 0 atom stereocenters. The monoisotopic (exact) mass is 252 g/mol. The fourth-order valence-electron chi connectivity index (χ4n) is 1.64. The highest BCUT2D eigenvalue weighted by Gasteiger charge is 2.27. The summed E-state index contributed by atoms with van der Waals surface area (Å²) in [5.41, 5.74) is 0.300. The molecule has 2 rings (SSSR count). The Hall–Kier alpha value is -1.49. The SMILES string of the molecule is N#Cc1ccnc(S(=O)(=O)N2CCNCC2)c1. The van der Waals surface area contributed by atoms with Crippen LogP contribution >= 0.6 is 0 Å². The minimum Gasteiger partial charge on any atom is -0.314 e. The maximum Gasteiger partial charge on any atom is 0.260 e. The molecule has 1 aromatic rings. The van der Waals surface area contributed by atoms with E-state index in [1.807, 2.05) is 6.07 Å². The van der Waals surface area contributed by atoms with E-state index in [-0.39, 0.29) is 5.03 Å². The number of pyridine rings is 1. The van der Waals surface area contributed by atoms with Crippen LogP contribution in [-0.2, 0) is 10.0 Å². The number of aromatic nitrogens is 1. The number of nitrogens with zero attached hydrogens (tertiary/aromatic N) is 3. The van der Waals surface area contributed by atoms with E-state index in [4.69, 9.17) is 5.26 Å². The summed E-state index contributed by atoms with van der Waals surface area (Å²) < 4.78 is 25.7. The van der Waals surface area contributed by atoms with Gasteiger partial charge in [0.25, 0.3) is 10.0 Å². The summed E-state index contributed by atoms with van der Waals surface area (Å²) >= 11 is 0. The van der Waals surface area contributed by atoms with E-state index < -0.39 is 10.0 Å². The molecule has 0 bridgehead atoms. The first-order valence-corrected chi connectivity index (χ1v) is 6.65. The summed E-state index contributed by atoms with van der Waals surface area (Å²) in [6.07, 6.45) is 1.34. The Bertz CT molecular complexity index is 544. The van der Waals surface area contributed by atoms with Gasteiger partial charge < -0.3 is 5.32 Å². The lowest BCUT2D eigenvalue weighted by atomic mass is 10.3. The number of sulfonamides is 1. The molecule has 0 unspecified atom stereocenters. The molecule has 1 aliphatic heterocycles. The second-order valence-corrected chi connectivity index (χ2v) is 5.53. The van der Waals surface area contributed by atoms with Gasteiger partial charge in [0.1, 0.15) is 0 Å². The molecule has 17 heavy (non-hydrogen) atoms. The minimum absolute atomic E-state index is 0.0570. The molecule has 0 radical (unpaired) electrons. The highest BCUT2D eigenvalue weighted by Crippen LogP contribution is 2.14. The molecule has 0 aliphatic carbocycles. The maximum atomic E-state index is 12.2. The number of piperazine rings is 1. The van der Waals surface area contributed by atoms with Gasteiger partial charge in [-0.3, -0.25) is 0 Å². The molecule has 1 N–H and O–H groups in total. The molecule has 90 valence electrons. The van der Waals surface area contributed by atoms with Gasteiger partial charge in [-0.15, -0.1) is 0 Å². The van der Waals surface area contributed by atoms with Crippen molar-refractivity contribution in [2.45, 2.75) is 5.03 Å². The lowest BCUT2D eigenvalue weighted by Gasteiger charge is -2.26. The zero-order valence-electron chi connectivity index (χ0n) is 9.13. The number of nitriles is 1. The zero-order chi connectivity index (χ0) is 12.3. The van der Waals surface area contributed by atoms with E-state index >= 15 is 0 Å². The highest BCUT2D eigenvalue weighted by atomic mass is 32.2. The number of nitrogens with one attached hydrogen (secondary N) is 1. The predicted molar refractivity (Wildman–Crippen MR) is 60.6 cm³/mol. The molecule has 0 aromatic carbocycles. The van der Waals surface area contributed by atoms with Crippen molar-refractivity contribution in [3.8, 4) is 6.07 Å². The van der Waals surface area contributed by atoms with Crippen molar-refractivity contribution in [2.75, 3.05) is 26.2 Å². The molecular formula is C10H12N4O2S. The lowest BCUT2D eigenvalue weighted by Crippen LogP contribution is -2.46. The standard InChI is InChI=1S/C10H12N4O2S/c11-8-9-1-2-13-10(7-9)17(15,16)14-5-3-12-4-6-14/h1-2,7,12H,3-6H2. The first-order chi connectivity index (χ1) is 8.14. The maximum absolute atomic E-state index is 12.2. The second kappa shape index (κ2) is 4.79. The van der Waals surface area contributed by atoms with Crippen molar-refractivity contribution in [3.05, 3.63) is 23.9 Å². The molecule has 0 amide bonds. The highest BCUT2D eigenvalue weighted by molar-refractivity contribution is 7.89. The Morgan fingerprint density at radius 3 is 2.76 bits per heavy atom. The topological polar surface area (TPSA) is 86.1 Å². The number of hydrogen-bond donors (Lipinski definition) is 1. The fourth-order valence-corrected chi connectivity index (χ4v) is 3.03. The van der Waals surface area contributed by atoms with Gasteiger partial charge in [-0.2, -0.15) is 9.57 Å². The van der Waals surface area contributed by atoms with Gasteiger partial charge in [0.2, 0.25) is 0 Å². The normalized spacial score (nSPS) is 17.6. The van der Waals surface area contributed by atoms with Gasteiger partial charge in [-0.1, -0.05) is 0 Å². The number of hydrogen-bond acceptors (Lipinski definition) is 5. The van der Waals surface area contributed by atoms with Gasteiger partial charge >= 0.3 is 0 Å². The van der Waals surface area contributed by atoms with E-state index in [2.05, 4.69) is 10.3 Å². The Balaban J connectivity index is 2.34. The van der Waals surface area contributed by atoms with Crippen LogP contribution in [0.1, 0.15) is 5.56 Å². The van der Waals surface area contributed by atoms with Crippen molar-refractivity contribution in [3.63, 3.8) is 0 Å². The molecule has 7 heteroatoms. The van der Waals surface area contributed by atoms with E-state index in [1.54, 1.807) is 0 Å². The van der Waals surface area contributed by atoms with Crippen LogP contribution in [0.2, 0.25) is 0 Å². The van der Waals surface area contributed by atoms with Crippen molar-refractivity contribution < 1.29 is 8.42 Å². The molecule has 1 fully saturated rings. The van der Waals surface area contributed by atoms with Crippen LogP contribution in [0.4, 0.5) is 0 Å². The van der Waals surface area contributed by atoms with Gasteiger partial charge in [0.05, 0.1) is 11.6 Å². The first-order valence-electron chi connectivity index (χ1n) is 5.21. The van der Waals surface area contributed by atoms with Crippen molar-refractivity contribution in [2.24, 2.45) is 0 Å². The summed E-state index contributed by atoms with van der Waals surface area (Å²) in [6, 6.07) is 4.69. The average Bonchev–Trinajstić information content (AvgIpc) is 2.40. The van der Waals surface area contributed by atoms with Crippen LogP contribution in [0.15, 0.2) is 23.4 Å².